The van der Waals surface area contributed by atoms with Crippen molar-refractivity contribution in [3.63, 3.8) is 0 Å². The average molecular weight is 301 g/mol. The van der Waals surface area contributed by atoms with E-state index in [9.17, 15) is 4.79 Å². The summed E-state index contributed by atoms with van der Waals surface area (Å²) in [7, 11) is 0. The van der Waals surface area contributed by atoms with Crippen LogP contribution < -0.4 is 4.74 Å². The largest absolute Gasteiger partial charge is 0.486 e. The number of rotatable bonds is 2. The van der Waals surface area contributed by atoms with Crippen LogP contribution in [0.4, 0.5) is 4.79 Å². The first-order valence-corrected chi connectivity index (χ1v) is 7.77. The Hall–Kier alpha value is -1.97. The van der Waals surface area contributed by atoms with Gasteiger partial charge in [0.15, 0.2) is 0 Å². The van der Waals surface area contributed by atoms with Crippen molar-refractivity contribution >= 4 is 6.09 Å². The Labute approximate surface area is 131 Å². The minimum absolute atomic E-state index is 0.0745. The maximum atomic E-state index is 12.2. The fraction of sp³-hybridized carbons (Fsp3) is 0.500. The highest BCUT2D eigenvalue weighted by Gasteiger charge is 2.43. The number of nitrogens with zero attached hydrogens (tertiary/aromatic N) is 1. The minimum Gasteiger partial charge on any atom is -0.486 e. The highest BCUT2D eigenvalue weighted by molar-refractivity contribution is 5.71. The molecule has 0 N–H and O–H groups in total. The van der Waals surface area contributed by atoms with Crippen LogP contribution in [0.25, 0.3) is 0 Å². The second-order valence-corrected chi connectivity index (χ2v) is 7.11. The van der Waals surface area contributed by atoms with E-state index in [-0.39, 0.29) is 18.2 Å². The van der Waals surface area contributed by atoms with Crippen molar-refractivity contribution in [2.75, 3.05) is 0 Å². The van der Waals surface area contributed by atoms with Crippen LogP contribution in [0.2, 0.25) is 0 Å². The molecule has 0 radical (unpaired) electrons. The quantitative estimate of drug-likeness (QED) is 0.827. The molecular weight excluding hydrogens is 278 g/mol. The molecule has 2 aliphatic rings. The molecule has 2 atom stereocenters. The summed E-state index contributed by atoms with van der Waals surface area (Å²) in [6.07, 6.45) is 3.43. The lowest BCUT2D eigenvalue weighted by Crippen LogP contribution is -2.39. The van der Waals surface area contributed by atoms with E-state index in [0.717, 1.165) is 18.6 Å². The molecule has 1 amide bonds. The maximum absolute atomic E-state index is 12.2. The van der Waals surface area contributed by atoms with Crippen molar-refractivity contribution in [2.24, 2.45) is 0 Å². The third-order valence-electron chi connectivity index (χ3n) is 3.94. The molecule has 1 aliphatic carbocycles. The van der Waals surface area contributed by atoms with Crippen molar-refractivity contribution in [3.05, 3.63) is 41.6 Å². The van der Waals surface area contributed by atoms with Crippen LogP contribution in [-0.4, -0.2) is 28.7 Å². The van der Waals surface area contributed by atoms with Gasteiger partial charge in [0.05, 0.1) is 0 Å². The summed E-state index contributed by atoms with van der Waals surface area (Å²) >= 11 is 0. The lowest BCUT2D eigenvalue weighted by molar-refractivity contribution is 0.0265. The Kier molecular flexibility index (Phi) is 3.63. The highest BCUT2D eigenvalue weighted by Crippen LogP contribution is 2.39. The van der Waals surface area contributed by atoms with Gasteiger partial charge in [0.2, 0.25) is 0 Å². The van der Waals surface area contributed by atoms with E-state index in [0.29, 0.717) is 0 Å². The van der Waals surface area contributed by atoms with E-state index in [1.165, 1.54) is 11.1 Å². The van der Waals surface area contributed by atoms with Gasteiger partial charge in [0.25, 0.3) is 0 Å². The number of fused-ring (bicyclic) bond motifs is 2. The summed E-state index contributed by atoms with van der Waals surface area (Å²) in [4.78, 5) is 13.9. The second kappa shape index (κ2) is 5.34. The van der Waals surface area contributed by atoms with Gasteiger partial charge in [-0.2, -0.15) is 0 Å². The third-order valence-corrected chi connectivity index (χ3v) is 3.94. The van der Waals surface area contributed by atoms with E-state index in [1.807, 2.05) is 45.2 Å². The minimum atomic E-state index is -0.463. The van der Waals surface area contributed by atoms with Gasteiger partial charge in [-0.15, -0.1) is 0 Å². The van der Waals surface area contributed by atoms with Crippen molar-refractivity contribution < 1.29 is 14.3 Å². The van der Waals surface area contributed by atoms with Gasteiger partial charge >= 0.3 is 6.09 Å². The molecule has 0 spiro atoms. The molecular formula is C18H23NO3. The zero-order valence-electron chi connectivity index (χ0n) is 13.6. The van der Waals surface area contributed by atoms with Gasteiger partial charge < -0.3 is 9.47 Å². The molecule has 3 rings (SSSR count). The number of amides is 1. The van der Waals surface area contributed by atoms with Crippen LogP contribution in [0.1, 0.15) is 39.2 Å². The molecule has 0 saturated heterocycles. The monoisotopic (exact) mass is 301 g/mol. The first kappa shape index (κ1) is 14.9. The molecule has 1 fully saturated rings. The van der Waals surface area contributed by atoms with Gasteiger partial charge in [0.1, 0.15) is 17.5 Å². The van der Waals surface area contributed by atoms with Crippen molar-refractivity contribution in [3.8, 4) is 5.75 Å². The molecule has 0 aromatic heterocycles. The SMILES string of the molecule is Cc1cccc(O[C@@H]2C[C@@H]3CC2=CN3C(=O)OC(C)(C)C)c1. The summed E-state index contributed by atoms with van der Waals surface area (Å²) in [6, 6.07) is 8.24. The van der Waals surface area contributed by atoms with E-state index in [2.05, 4.69) is 13.0 Å². The Balaban J connectivity index is 1.66. The molecule has 2 bridgehead atoms. The lowest BCUT2D eigenvalue weighted by atomic mass is 10.1. The highest BCUT2D eigenvalue weighted by atomic mass is 16.6. The molecule has 1 saturated carbocycles. The molecule has 1 aromatic carbocycles. The number of hydrogen-bond acceptors (Lipinski definition) is 3. The average Bonchev–Trinajstić information content (AvgIpc) is 2.96. The molecule has 118 valence electrons. The molecule has 22 heavy (non-hydrogen) atoms. The zero-order valence-corrected chi connectivity index (χ0v) is 13.6. The van der Waals surface area contributed by atoms with Crippen LogP contribution in [0, 0.1) is 6.92 Å². The number of aryl methyl sites for hydroxylation is 1. The summed E-state index contributed by atoms with van der Waals surface area (Å²) in [5.41, 5.74) is 1.90. The van der Waals surface area contributed by atoms with Gasteiger partial charge in [-0.3, -0.25) is 4.90 Å². The fourth-order valence-electron chi connectivity index (χ4n) is 3.01. The predicted octanol–water partition coefficient (Wildman–Crippen LogP) is 4.04. The number of hydrogen-bond donors (Lipinski definition) is 0. The normalized spacial score (nSPS) is 23.5. The van der Waals surface area contributed by atoms with E-state index < -0.39 is 5.60 Å². The molecule has 0 unspecified atom stereocenters. The Morgan fingerprint density at radius 3 is 2.68 bits per heavy atom. The lowest BCUT2D eigenvalue weighted by Gasteiger charge is -2.29. The maximum Gasteiger partial charge on any atom is 0.414 e. The number of ether oxygens (including phenoxy) is 2. The molecule has 1 heterocycles. The second-order valence-electron chi connectivity index (χ2n) is 7.11. The molecule has 4 heteroatoms. The first-order valence-electron chi connectivity index (χ1n) is 7.77. The summed E-state index contributed by atoms with van der Waals surface area (Å²) in [5, 5.41) is 0. The van der Waals surface area contributed by atoms with Gasteiger partial charge in [-0.05, 0) is 57.4 Å². The summed E-state index contributed by atoms with van der Waals surface area (Å²) in [6.45, 7) is 7.71. The Morgan fingerprint density at radius 2 is 2.09 bits per heavy atom. The third kappa shape index (κ3) is 3.11. The van der Waals surface area contributed by atoms with Crippen molar-refractivity contribution in [2.45, 2.75) is 58.3 Å². The number of carbonyl (C=O) groups excluding carboxylic acids is 1. The summed E-state index contributed by atoms with van der Waals surface area (Å²) < 4.78 is 11.5. The van der Waals surface area contributed by atoms with Crippen molar-refractivity contribution in [1.29, 1.82) is 0 Å². The van der Waals surface area contributed by atoms with E-state index in [4.69, 9.17) is 9.47 Å². The van der Waals surface area contributed by atoms with Crippen molar-refractivity contribution in [1.82, 2.24) is 4.90 Å². The van der Waals surface area contributed by atoms with Gasteiger partial charge in [-0.25, -0.2) is 4.79 Å². The van der Waals surface area contributed by atoms with Crippen LogP contribution >= 0.6 is 0 Å². The van der Waals surface area contributed by atoms with Crippen LogP contribution in [0.3, 0.4) is 0 Å². The van der Waals surface area contributed by atoms with Gasteiger partial charge in [0, 0.05) is 18.7 Å². The van der Waals surface area contributed by atoms with E-state index in [1.54, 1.807) is 4.90 Å². The predicted molar refractivity (Wildman–Crippen MR) is 84.8 cm³/mol. The first-order chi connectivity index (χ1) is 10.3. The number of benzene rings is 1. The molecule has 1 aliphatic heterocycles. The van der Waals surface area contributed by atoms with Gasteiger partial charge in [-0.1, -0.05) is 12.1 Å². The van der Waals surface area contributed by atoms with E-state index >= 15 is 0 Å². The molecule has 1 aromatic rings. The number of carbonyl (C=O) groups is 1. The standard InChI is InChI=1S/C18H23NO3/c1-12-6-5-7-15(8-12)21-16-10-14-9-13(16)11-19(14)17(20)22-18(2,3)4/h5-8,11,14,16H,9-10H2,1-4H3/t14-,16+/m0/s1. The fourth-order valence-corrected chi connectivity index (χ4v) is 3.01. The summed E-state index contributed by atoms with van der Waals surface area (Å²) in [5.74, 6) is 0.891. The Morgan fingerprint density at radius 1 is 1.32 bits per heavy atom. The smallest absolute Gasteiger partial charge is 0.414 e. The van der Waals surface area contributed by atoms with Crippen LogP contribution in [-0.2, 0) is 4.74 Å². The van der Waals surface area contributed by atoms with Crippen LogP contribution in [0.15, 0.2) is 36.0 Å². The van der Waals surface area contributed by atoms with Crippen LogP contribution in [0.5, 0.6) is 5.75 Å². The Bertz CT molecular complexity index is 615. The topological polar surface area (TPSA) is 38.8 Å². The zero-order chi connectivity index (χ0) is 15.9. The molecule has 4 nitrogen and oxygen atoms in total.